The monoisotopic (exact) mass is 394 g/mol. The van der Waals surface area contributed by atoms with Crippen molar-refractivity contribution in [2.45, 2.75) is 25.8 Å². The van der Waals surface area contributed by atoms with E-state index in [2.05, 4.69) is 15.6 Å². The van der Waals surface area contributed by atoms with Crippen molar-refractivity contribution in [3.63, 3.8) is 0 Å². The fraction of sp³-hybridized carbons (Fsp3) is 0.286. The number of hydrogen-bond acceptors (Lipinski definition) is 6. The van der Waals surface area contributed by atoms with Gasteiger partial charge in [-0.15, -0.1) is 5.10 Å². The molecule has 1 aliphatic heterocycles. The Morgan fingerprint density at radius 3 is 2.41 bits per heavy atom. The number of carbonyl (C=O) groups is 1. The van der Waals surface area contributed by atoms with E-state index < -0.39 is 0 Å². The molecule has 1 N–H and O–H groups in total. The van der Waals surface area contributed by atoms with E-state index in [9.17, 15) is 4.79 Å². The van der Waals surface area contributed by atoms with Crippen LogP contribution < -0.4 is 14.8 Å². The average Bonchev–Trinajstić information content (AvgIpc) is 3.21. The van der Waals surface area contributed by atoms with Crippen molar-refractivity contribution >= 4 is 5.91 Å². The zero-order chi connectivity index (χ0) is 20.2. The number of nitrogens with zero attached hydrogens (tertiary/aromatic N) is 3. The van der Waals surface area contributed by atoms with Gasteiger partial charge < -0.3 is 19.5 Å². The van der Waals surface area contributed by atoms with Gasteiger partial charge in [-0.3, -0.25) is 4.79 Å². The highest BCUT2D eigenvalue weighted by molar-refractivity contribution is 5.93. The maximum absolute atomic E-state index is 12.6. The molecule has 8 nitrogen and oxygen atoms in total. The zero-order valence-corrected chi connectivity index (χ0v) is 16.3. The Morgan fingerprint density at radius 2 is 1.76 bits per heavy atom. The first-order valence-corrected chi connectivity index (χ1v) is 9.27. The highest BCUT2D eigenvalue weighted by Gasteiger charge is 2.27. The summed E-state index contributed by atoms with van der Waals surface area (Å²) in [6, 6.07) is 15.2. The van der Waals surface area contributed by atoms with Crippen LogP contribution in [0.25, 0.3) is 0 Å². The first-order chi connectivity index (χ1) is 14.2. The molecule has 1 amide bonds. The highest BCUT2D eigenvalue weighted by Crippen LogP contribution is 2.28. The summed E-state index contributed by atoms with van der Waals surface area (Å²) in [7, 11) is 3.25. The lowest BCUT2D eigenvalue weighted by molar-refractivity contribution is -0.00179. The van der Waals surface area contributed by atoms with E-state index in [1.165, 1.54) is 0 Å². The summed E-state index contributed by atoms with van der Waals surface area (Å²) < 4.78 is 18.0. The maximum atomic E-state index is 12.6. The van der Waals surface area contributed by atoms with Crippen molar-refractivity contribution in [1.82, 2.24) is 20.3 Å². The van der Waals surface area contributed by atoms with Gasteiger partial charge in [0.1, 0.15) is 17.6 Å². The second kappa shape index (κ2) is 8.32. The molecule has 0 fully saturated rings. The summed E-state index contributed by atoms with van der Waals surface area (Å²) in [5.41, 5.74) is 2.97. The van der Waals surface area contributed by atoms with Gasteiger partial charge in [-0.05, 0) is 35.4 Å². The van der Waals surface area contributed by atoms with E-state index in [4.69, 9.17) is 14.2 Å². The molecule has 1 atom stereocenters. The molecule has 0 saturated carbocycles. The van der Waals surface area contributed by atoms with Crippen LogP contribution in [0.5, 0.6) is 11.5 Å². The standard InChI is InChI=1S/C21H22N4O4/c1-27-16-7-3-14(4-8-16)11-22-21(26)20-18-13-29-19(12-25(18)24-23-20)15-5-9-17(28-2)10-6-15/h3-10,19H,11-13H2,1-2H3,(H,22,26). The quantitative estimate of drug-likeness (QED) is 0.691. The second-order valence-corrected chi connectivity index (χ2v) is 6.67. The van der Waals surface area contributed by atoms with E-state index in [1.807, 2.05) is 48.5 Å². The molecule has 0 bridgehead atoms. The minimum atomic E-state index is -0.270. The summed E-state index contributed by atoms with van der Waals surface area (Å²) in [6.45, 7) is 1.17. The molecule has 3 aromatic rings. The lowest BCUT2D eigenvalue weighted by Gasteiger charge is -2.24. The maximum Gasteiger partial charge on any atom is 0.274 e. The van der Waals surface area contributed by atoms with Gasteiger partial charge in [-0.1, -0.05) is 29.5 Å². The first-order valence-electron chi connectivity index (χ1n) is 9.27. The van der Waals surface area contributed by atoms with E-state index in [1.54, 1.807) is 18.9 Å². The van der Waals surface area contributed by atoms with Crippen molar-refractivity contribution in [1.29, 1.82) is 0 Å². The second-order valence-electron chi connectivity index (χ2n) is 6.67. The molecule has 0 aliphatic carbocycles. The Morgan fingerprint density at radius 1 is 1.10 bits per heavy atom. The number of ether oxygens (including phenoxy) is 3. The molecular formula is C21H22N4O4. The van der Waals surface area contributed by atoms with Crippen molar-refractivity contribution in [2.24, 2.45) is 0 Å². The van der Waals surface area contributed by atoms with E-state index in [-0.39, 0.29) is 18.6 Å². The topological polar surface area (TPSA) is 87.5 Å². The van der Waals surface area contributed by atoms with Crippen LogP contribution in [0.1, 0.15) is 33.4 Å². The molecule has 1 unspecified atom stereocenters. The van der Waals surface area contributed by atoms with Gasteiger partial charge in [0.15, 0.2) is 5.69 Å². The fourth-order valence-corrected chi connectivity index (χ4v) is 3.22. The van der Waals surface area contributed by atoms with Gasteiger partial charge in [0.05, 0.1) is 33.1 Å². The third-order valence-electron chi connectivity index (χ3n) is 4.91. The average molecular weight is 394 g/mol. The van der Waals surface area contributed by atoms with Crippen molar-refractivity contribution in [3.05, 3.63) is 71.0 Å². The predicted octanol–water partition coefficient (Wildman–Crippen LogP) is 2.50. The molecule has 1 aliphatic rings. The molecule has 29 heavy (non-hydrogen) atoms. The highest BCUT2D eigenvalue weighted by atomic mass is 16.5. The van der Waals surface area contributed by atoms with Gasteiger partial charge >= 0.3 is 0 Å². The van der Waals surface area contributed by atoms with Crippen LogP contribution in [0.3, 0.4) is 0 Å². The number of hydrogen-bond donors (Lipinski definition) is 1. The number of fused-ring (bicyclic) bond motifs is 1. The smallest absolute Gasteiger partial charge is 0.274 e. The normalized spacial score (nSPS) is 15.4. The Kier molecular flexibility index (Phi) is 5.44. The summed E-state index contributed by atoms with van der Waals surface area (Å²) in [5, 5.41) is 11.1. The lowest BCUT2D eigenvalue weighted by atomic mass is 10.1. The van der Waals surface area contributed by atoms with Crippen LogP contribution in [0, 0.1) is 0 Å². The van der Waals surface area contributed by atoms with Crippen LogP contribution in [0.15, 0.2) is 48.5 Å². The lowest BCUT2D eigenvalue weighted by Crippen LogP contribution is -2.27. The van der Waals surface area contributed by atoms with E-state index in [0.717, 1.165) is 22.6 Å². The summed E-state index contributed by atoms with van der Waals surface area (Å²) in [6.07, 6.45) is -0.148. The van der Waals surface area contributed by atoms with Crippen LogP contribution in [-0.2, 0) is 24.4 Å². The number of methoxy groups -OCH3 is 2. The number of carbonyl (C=O) groups excluding carboxylic acids is 1. The molecule has 0 radical (unpaired) electrons. The fourth-order valence-electron chi connectivity index (χ4n) is 3.22. The first kappa shape index (κ1) is 18.9. The summed E-state index contributed by atoms with van der Waals surface area (Å²) >= 11 is 0. The Balaban J connectivity index is 1.40. The molecule has 0 spiro atoms. The molecule has 2 aromatic carbocycles. The van der Waals surface area contributed by atoms with Gasteiger partial charge in [0, 0.05) is 6.54 Å². The van der Waals surface area contributed by atoms with Crippen molar-refractivity contribution in [3.8, 4) is 11.5 Å². The van der Waals surface area contributed by atoms with Crippen LogP contribution in [-0.4, -0.2) is 35.1 Å². The molecule has 4 rings (SSSR count). The number of aromatic nitrogens is 3. The van der Waals surface area contributed by atoms with E-state index >= 15 is 0 Å². The minimum absolute atomic E-state index is 0.148. The third-order valence-corrected chi connectivity index (χ3v) is 4.91. The number of benzene rings is 2. The van der Waals surface area contributed by atoms with Crippen LogP contribution in [0.4, 0.5) is 0 Å². The number of nitrogens with one attached hydrogen (secondary N) is 1. The number of rotatable bonds is 6. The minimum Gasteiger partial charge on any atom is -0.497 e. The Labute approximate surface area is 168 Å². The van der Waals surface area contributed by atoms with Crippen molar-refractivity contribution < 1.29 is 19.0 Å². The number of amides is 1. The van der Waals surface area contributed by atoms with Crippen molar-refractivity contribution in [2.75, 3.05) is 14.2 Å². The molecule has 2 heterocycles. The van der Waals surface area contributed by atoms with Gasteiger partial charge in [0.2, 0.25) is 0 Å². The molecule has 8 heteroatoms. The Hall–Kier alpha value is -3.39. The largest absolute Gasteiger partial charge is 0.497 e. The molecular weight excluding hydrogens is 372 g/mol. The summed E-state index contributed by atoms with van der Waals surface area (Å²) in [5.74, 6) is 1.30. The van der Waals surface area contributed by atoms with E-state index in [0.29, 0.717) is 24.5 Å². The Bertz CT molecular complexity index is 983. The van der Waals surface area contributed by atoms with Gasteiger partial charge in [-0.25, -0.2) is 4.68 Å². The zero-order valence-electron chi connectivity index (χ0n) is 16.3. The SMILES string of the molecule is COc1ccc(CNC(=O)c2nnn3c2COC(c2ccc(OC)cc2)C3)cc1. The van der Waals surface area contributed by atoms with Gasteiger partial charge in [-0.2, -0.15) is 0 Å². The third kappa shape index (κ3) is 4.07. The summed E-state index contributed by atoms with van der Waals surface area (Å²) in [4.78, 5) is 12.6. The molecule has 1 aromatic heterocycles. The van der Waals surface area contributed by atoms with Crippen LogP contribution in [0.2, 0.25) is 0 Å². The molecule has 150 valence electrons. The van der Waals surface area contributed by atoms with Crippen LogP contribution >= 0.6 is 0 Å². The molecule has 0 saturated heterocycles. The predicted molar refractivity (Wildman–Crippen MR) is 105 cm³/mol. The van der Waals surface area contributed by atoms with Gasteiger partial charge in [0.25, 0.3) is 5.91 Å².